The van der Waals surface area contributed by atoms with Gasteiger partial charge >= 0.3 is 5.97 Å². The Kier molecular flexibility index (Phi) is 5.60. The van der Waals surface area contributed by atoms with E-state index in [1.165, 1.54) is 0 Å². The van der Waals surface area contributed by atoms with Crippen molar-refractivity contribution in [1.29, 1.82) is 0 Å². The van der Waals surface area contributed by atoms with Crippen LogP contribution in [0.1, 0.15) is 12.8 Å². The van der Waals surface area contributed by atoms with E-state index in [0.29, 0.717) is 13.1 Å². The van der Waals surface area contributed by atoms with Crippen molar-refractivity contribution in [2.75, 3.05) is 18.8 Å². The highest BCUT2D eigenvalue weighted by molar-refractivity contribution is 7.85. The van der Waals surface area contributed by atoms with E-state index in [9.17, 15) is 13.2 Å². The molecule has 0 amide bonds. The second-order valence-corrected chi connectivity index (χ2v) is 4.11. The standard InChI is InChI=1S/C6H13NO5S/c8-6(9)2-4-7-3-1-5-13(10,11)12/h7H,1-5H2,(H,8,9)(H,10,11,12). The van der Waals surface area contributed by atoms with Crippen LogP contribution in [0.2, 0.25) is 0 Å². The molecular formula is C6H13NO5S. The molecule has 0 aromatic carbocycles. The lowest BCUT2D eigenvalue weighted by Gasteiger charge is -2.00. The van der Waals surface area contributed by atoms with E-state index in [4.69, 9.17) is 9.66 Å². The van der Waals surface area contributed by atoms with Crippen LogP contribution >= 0.6 is 0 Å². The summed E-state index contributed by atoms with van der Waals surface area (Å²) in [6.07, 6.45) is 0.282. The van der Waals surface area contributed by atoms with Crippen LogP contribution in [0.4, 0.5) is 0 Å². The number of rotatable bonds is 7. The molecule has 7 heteroatoms. The summed E-state index contributed by atoms with van der Waals surface area (Å²) in [5.74, 6) is -1.20. The van der Waals surface area contributed by atoms with Gasteiger partial charge in [-0.1, -0.05) is 0 Å². The number of carboxylic acids is 1. The van der Waals surface area contributed by atoms with Crippen molar-refractivity contribution >= 4 is 16.1 Å². The van der Waals surface area contributed by atoms with Crippen LogP contribution in [0.3, 0.4) is 0 Å². The molecule has 0 aliphatic heterocycles. The number of carboxylic acid groups (broad SMARTS) is 1. The molecule has 0 saturated heterocycles. The van der Waals surface area contributed by atoms with E-state index in [0.717, 1.165) is 0 Å². The van der Waals surface area contributed by atoms with E-state index in [1.54, 1.807) is 0 Å². The van der Waals surface area contributed by atoms with E-state index >= 15 is 0 Å². The molecule has 3 N–H and O–H groups in total. The molecule has 0 heterocycles. The predicted molar refractivity (Wildman–Crippen MR) is 46.2 cm³/mol. The van der Waals surface area contributed by atoms with Crippen LogP contribution < -0.4 is 5.32 Å². The highest BCUT2D eigenvalue weighted by Crippen LogP contribution is 1.86. The van der Waals surface area contributed by atoms with Gasteiger partial charge in [0.2, 0.25) is 0 Å². The SMILES string of the molecule is O=C(O)CCNCCCS(=O)(=O)O. The Morgan fingerprint density at radius 3 is 2.38 bits per heavy atom. The van der Waals surface area contributed by atoms with Gasteiger partial charge < -0.3 is 10.4 Å². The van der Waals surface area contributed by atoms with E-state index in [1.807, 2.05) is 0 Å². The summed E-state index contributed by atoms with van der Waals surface area (Å²) in [4.78, 5) is 10.0. The first-order chi connectivity index (χ1) is 5.92. The largest absolute Gasteiger partial charge is 0.481 e. The molecule has 0 bridgehead atoms. The Morgan fingerprint density at radius 1 is 1.31 bits per heavy atom. The lowest BCUT2D eigenvalue weighted by atomic mass is 10.4. The number of hydrogen-bond acceptors (Lipinski definition) is 4. The van der Waals surface area contributed by atoms with Crippen LogP contribution in [-0.4, -0.2) is 42.9 Å². The maximum atomic E-state index is 10.2. The molecule has 0 unspecified atom stereocenters. The van der Waals surface area contributed by atoms with Gasteiger partial charge in [0.1, 0.15) is 0 Å². The minimum Gasteiger partial charge on any atom is -0.481 e. The van der Waals surface area contributed by atoms with Gasteiger partial charge in [-0.3, -0.25) is 9.35 Å². The molecule has 78 valence electrons. The van der Waals surface area contributed by atoms with E-state index in [2.05, 4.69) is 5.32 Å². The first-order valence-corrected chi connectivity index (χ1v) is 5.40. The molecule has 0 fully saturated rings. The molecule has 0 atom stereocenters. The average molecular weight is 211 g/mol. The molecule has 0 rings (SSSR count). The normalized spacial score (nSPS) is 11.5. The van der Waals surface area contributed by atoms with Gasteiger partial charge in [0.05, 0.1) is 12.2 Å². The van der Waals surface area contributed by atoms with Crippen molar-refractivity contribution in [2.24, 2.45) is 0 Å². The van der Waals surface area contributed by atoms with Gasteiger partial charge in [-0.05, 0) is 13.0 Å². The zero-order valence-corrected chi connectivity index (χ0v) is 7.88. The van der Waals surface area contributed by atoms with Crippen molar-refractivity contribution < 1.29 is 22.9 Å². The highest BCUT2D eigenvalue weighted by Gasteiger charge is 2.02. The lowest BCUT2D eigenvalue weighted by molar-refractivity contribution is -0.136. The Morgan fingerprint density at radius 2 is 1.92 bits per heavy atom. The van der Waals surface area contributed by atoms with Crippen molar-refractivity contribution in [1.82, 2.24) is 5.32 Å². The first kappa shape index (κ1) is 12.3. The maximum Gasteiger partial charge on any atom is 0.304 e. The minimum absolute atomic E-state index is 0.00583. The second kappa shape index (κ2) is 5.90. The van der Waals surface area contributed by atoms with Gasteiger partial charge in [-0.15, -0.1) is 0 Å². The van der Waals surface area contributed by atoms with Crippen LogP contribution in [0, 0.1) is 0 Å². The number of carbonyl (C=O) groups is 1. The smallest absolute Gasteiger partial charge is 0.304 e. The third kappa shape index (κ3) is 11.3. The maximum absolute atomic E-state index is 10.2. The van der Waals surface area contributed by atoms with E-state index < -0.39 is 16.1 Å². The van der Waals surface area contributed by atoms with Crippen molar-refractivity contribution in [3.8, 4) is 0 Å². The molecule has 13 heavy (non-hydrogen) atoms. The molecule has 0 aromatic rings. The quantitative estimate of drug-likeness (QED) is 0.381. The van der Waals surface area contributed by atoms with Gasteiger partial charge in [0.25, 0.3) is 10.1 Å². The highest BCUT2D eigenvalue weighted by atomic mass is 32.2. The molecular weight excluding hydrogens is 198 g/mol. The predicted octanol–water partition coefficient (Wildman–Crippen LogP) is -0.671. The zero-order valence-electron chi connectivity index (χ0n) is 7.06. The van der Waals surface area contributed by atoms with Gasteiger partial charge in [-0.2, -0.15) is 8.42 Å². The van der Waals surface area contributed by atoms with Crippen LogP contribution in [0.15, 0.2) is 0 Å². The summed E-state index contributed by atoms with van der Waals surface area (Å²) in [7, 11) is -3.88. The Bertz CT molecular complexity index is 248. The Hall–Kier alpha value is -0.660. The number of nitrogens with one attached hydrogen (secondary N) is 1. The molecule has 0 radical (unpaired) electrons. The monoisotopic (exact) mass is 211 g/mol. The molecule has 0 aliphatic rings. The molecule has 0 saturated carbocycles. The number of aliphatic carboxylic acids is 1. The first-order valence-electron chi connectivity index (χ1n) is 3.79. The Balaban J connectivity index is 3.23. The average Bonchev–Trinajstić information content (AvgIpc) is 1.93. The van der Waals surface area contributed by atoms with Crippen molar-refractivity contribution in [2.45, 2.75) is 12.8 Å². The van der Waals surface area contributed by atoms with Crippen LogP contribution in [0.25, 0.3) is 0 Å². The Labute approximate surface area is 76.7 Å². The third-order valence-corrected chi connectivity index (χ3v) is 2.08. The molecule has 0 aliphatic carbocycles. The summed E-state index contributed by atoms with van der Waals surface area (Å²) in [5, 5.41) is 11.0. The van der Waals surface area contributed by atoms with Crippen LogP contribution in [0.5, 0.6) is 0 Å². The van der Waals surface area contributed by atoms with Crippen molar-refractivity contribution in [3.63, 3.8) is 0 Å². The molecule has 0 spiro atoms. The fraction of sp³-hybridized carbons (Fsp3) is 0.833. The second-order valence-electron chi connectivity index (χ2n) is 2.53. The fourth-order valence-corrected chi connectivity index (χ4v) is 1.21. The van der Waals surface area contributed by atoms with Gasteiger partial charge in [0.15, 0.2) is 0 Å². The summed E-state index contributed by atoms with van der Waals surface area (Å²) in [6.45, 7) is 0.688. The number of hydrogen-bond donors (Lipinski definition) is 3. The van der Waals surface area contributed by atoms with Gasteiger partial charge in [-0.25, -0.2) is 0 Å². The zero-order chi connectivity index (χ0) is 10.3. The fourth-order valence-electron chi connectivity index (χ4n) is 0.700. The summed E-state index contributed by atoms with van der Waals surface area (Å²) < 4.78 is 28.7. The summed E-state index contributed by atoms with van der Waals surface area (Å²) in [6, 6.07) is 0. The van der Waals surface area contributed by atoms with E-state index in [-0.39, 0.29) is 18.6 Å². The lowest BCUT2D eigenvalue weighted by Crippen LogP contribution is -2.21. The van der Waals surface area contributed by atoms with Crippen LogP contribution in [-0.2, 0) is 14.9 Å². The summed E-state index contributed by atoms with van der Waals surface area (Å²) >= 11 is 0. The molecule has 0 aromatic heterocycles. The topological polar surface area (TPSA) is 104 Å². The minimum atomic E-state index is -3.88. The van der Waals surface area contributed by atoms with Crippen molar-refractivity contribution in [3.05, 3.63) is 0 Å². The third-order valence-electron chi connectivity index (χ3n) is 1.27. The van der Waals surface area contributed by atoms with Gasteiger partial charge in [0, 0.05) is 6.54 Å². The molecule has 6 nitrogen and oxygen atoms in total. The summed E-state index contributed by atoms with van der Waals surface area (Å²) in [5.41, 5.74) is 0.